The van der Waals surface area contributed by atoms with E-state index < -0.39 is 24.4 Å². The van der Waals surface area contributed by atoms with Gasteiger partial charge >= 0.3 is 5.97 Å². The van der Waals surface area contributed by atoms with E-state index in [9.17, 15) is 19.2 Å². The van der Waals surface area contributed by atoms with Gasteiger partial charge in [0.15, 0.2) is 6.61 Å². The molecule has 3 N–H and O–H groups in total. The zero-order valence-corrected chi connectivity index (χ0v) is 18.2. The quantitative estimate of drug-likeness (QED) is 0.420. The molecule has 0 unspecified atom stereocenters. The van der Waals surface area contributed by atoms with Crippen LogP contribution in [-0.4, -0.2) is 30.3 Å². The number of anilines is 1. The minimum Gasteiger partial charge on any atom is -0.455 e. The highest BCUT2D eigenvalue weighted by atomic mass is 79.9. The maximum Gasteiger partial charge on any atom is 0.306 e. The SMILES string of the molecule is Cc1ccc(C)c(NC(=O)CCC(=O)OCC(=O)NNC(=O)c2ccc(Br)cc2)c1. The monoisotopic (exact) mass is 475 g/mol. The molecule has 0 aliphatic heterocycles. The molecule has 0 saturated heterocycles. The molecular weight excluding hydrogens is 454 g/mol. The van der Waals surface area contributed by atoms with Crippen molar-refractivity contribution in [2.75, 3.05) is 11.9 Å². The Morgan fingerprint density at radius 3 is 2.30 bits per heavy atom. The predicted octanol–water partition coefficient (Wildman–Crippen LogP) is 2.79. The summed E-state index contributed by atoms with van der Waals surface area (Å²) in [5, 5.41) is 2.75. The van der Waals surface area contributed by atoms with Gasteiger partial charge in [0.05, 0.1) is 6.42 Å². The largest absolute Gasteiger partial charge is 0.455 e. The van der Waals surface area contributed by atoms with E-state index in [1.54, 1.807) is 24.3 Å². The number of esters is 1. The topological polar surface area (TPSA) is 114 Å². The van der Waals surface area contributed by atoms with Gasteiger partial charge in [-0.1, -0.05) is 28.1 Å². The molecule has 0 aromatic heterocycles. The number of benzene rings is 2. The van der Waals surface area contributed by atoms with Crippen LogP contribution in [0.2, 0.25) is 0 Å². The van der Waals surface area contributed by atoms with Gasteiger partial charge in [0.25, 0.3) is 11.8 Å². The second-order valence-electron chi connectivity index (χ2n) is 6.54. The average molecular weight is 476 g/mol. The summed E-state index contributed by atoms with van der Waals surface area (Å²) >= 11 is 3.26. The van der Waals surface area contributed by atoms with E-state index in [-0.39, 0.29) is 18.7 Å². The van der Waals surface area contributed by atoms with E-state index in [4.69, 9.17) is 4.74 Å². The number of hydrogen-bond acceptors (Lipinski definition) is 5. The number of carbonyl (C=O) groups excluding carboxylic acids is 4. The molecule has 0 atom stereocenters. The molecule has 3 amide bonds. The van der Waals surface area contributed by atoms with E-state index in [2.05, 4.69) is 32.1 Å². The summed E-state index contributed by atoms with van der Waals surface area (Å²) in [6.07, 6.45) is -0.247. The second-order valence-corrected chi connectivity index (χ2v) is 7.45. The third kappa shape index (κ3) is 7.67. The van der Waals surface area contributed by atoms with Crippen LogP contribution in [0.5, 0.6) is 0 Å². The average Bonchev–Trinajstić information content (AvgIpc) is 2.72. The van der Waals surface area contributed by atoms with Gasteiger partial charge < -0.3 is 10.1 Å². The van der Waals surface area contributed by atoms with Crippen LogP contribution in [0.25, 0.3) is 0 Å². The first-order chi connectivity index (χ1) is 14.2. The number of aryl methyl sites for hydroxylation is 2. The lowest BCUT2D eigenvalue weighted by Gasteiger charge is -2.10. The summed E-state index contributed by atoms with van der Waals surface area (Å²) in [4.78, 5) is 47.3. The van der Waals surface area contributed by atoms with Gasteiger partial charge in [-0.15, -0.1) is 0 Å². The Bertz CT molecular complexity index is 944. The lowest BCUT2D eigenvalue weighted by atomic mass is 10.1. The van der Waals surface area contributed by atoms with Gasteiger partial charge in [-0.25, -0.2) is 0 Å². The summed E-state index contributed by atoms with van der Waals surface area (Å²) in [6.45, 7) is 3.22. The summed E-state index contributed by atoms with van der Waals surface area (Å²) in [5.41, 5.74) is 7.34. The fourth-order valence-electron chi connectivity index (χ4n) is 2.35. The standard InChI is InChI=1S/C21H22BrN3O5/c1-13-3-4-14(2)17(11-13)23-18(26)9-10-20(28)30-12-19(27)24-25-21(29)15-5-7-16(22)8-6-15/h3-8,11H,9-10,12H2,1-2H3,(H,23,26)(H,24,27)(H,25,29). The molecule has 0 saturated carbocycles. The molecule has 2 aromatic carbocycles. The molecule has 2 rings (SSSR count). The molecule has 0 aliphatic carbocycles. The number of carbonyl (C=O) groups is 4. The van der Waals surface area contributed by atoms with Crippen molar-refractivity contribution in [1.29, 1.82) is 0 Å². The molecule has 0 spiro atoms. The van der Waals surface area contributed by atoms with Crippen molar-refractivity contribution < 1.29 is 23.9 Å². The van der Waals surface area contributed by atoms with Gasteiger partial charge in [0.1, 0.15) is 0 Å². The fourth-order valence-corrected chi connectivity index (χ4v) is 2.62. The van der Waals surface area contributed by atoms with Gasteiger partial charge in [0, 0.05) is 22.1 Å². The van der Waals surface area contributed by atoms with Gasteiger partial charge in [-0.2, -0.15) is 0 Å². The third-order valence-electron chi connectivity index (χ3n) is 4.01. The van der Waals surface area contributed by atoms with Crippen molar-refractivity contribution in [2.24, 2.45) is 0 Å². The number of hydrogen-bond donors (Lipinski definition) is 3. The molecule has 30 heavy (non-hydrogen) atoms. The Kier molecular flexibility index (Phi) is 8.54. The maximum atomic E-state index is 12.0. The summed E-state index contributed by atoms with van der Waals surface area (Å²) in [6, 6.07) is 12.2. The van der Waals surface area contributed by atoms with Crippen LogP contribution in [0.4, 0.5) is 5.69 Å². The number of nitrogens with one attached hydrogen (secondary N) is 3. The van der Waals surface area contributed by atoms with Crippen LogP contribution in [0.1, 0.15) is 34.3 Å². The normalized spacial score (nSPS) is 10.1. The second kappa shape index (κ2) is 11.1. The van der Waals surface area contributed by atoms with Crippen LogP contribution < -0.4 is 16.2 Å². The van der Waals surface area contributed by atoms with E-state index in [0.717, 1.165) is 15.6 Å². The zero-order valence-electron chi connectivity index (χ0n) is 16.6. The molecule has 0 bridgehead atoms. The van der Waals surface area contributed by atoms with Crippen LogP contribution in [-0.2, 0) is 19.1 Å². The zero-order chi connectivity index (χ0) is 22.1. The molecule has 0 fully saturated rings. The Labute approximate surface area is 182 Å². The fraction of sp³-hybridized carbons (Fsp3) is 0.238. The maximum absolute atomic E-state index is 12.0. The smallest absolute Gasteiger partial charge is 0.306 e. The van der Waals surface area contributed by atoms with E-state index >= 15 is 0 Å². The van der Waals surface area contributed by atoms with Crippen molar-refractivity contribution in [3.05, 3.63) is 63.6 Å². The predicted molar refractivity (Wildman–Crippen MR) is 114 cm³/mol. The van der Waals surface area contributed by atoms with Crippen molar-refractivity contribution >= 4 is 45.3 Å². The van der Waals surface area contributed by atoms with Crippen molar-refractivity contribution in [3.8, 4) is 0 Å². The number of rotatable bonds is 7. The van der Waals surface area contributed by atoms with Gasteiger partial charge in [-0.05, 0) is 55.3 Å². The number of hydrazine groups is 1. The summed E-state index contributed by atoms with van der Waals surface area (Å²) < 4.78 is 5.63. The molecule has 2 aromatic rings. The first-order valence-corrected chi connectivity index (χ1v) is 9.91. The number of amides is 3. The highest BCUT2D eigenvalue weighted by Crippen LogP contribution is 2.16. The van der Waals surface area contributed by atoms with Crippen LogP contribution in [0.15, 0.2) is 46.9 Å². The Morgan fingerprint density at radius 1 is 0.900 bits per heavy atom. The Hall–Kier alpha value is -3.20. The molecule has 158 valence electrons. The molecule has 0 aliphatic rings. The Morgan fingerprint density at radius 2 is 1.60 bits per heavy atom. The first-order valence-electron chi connectivity index (χ1n) is 9.12. The highest BCUT2D eigenvalue weighted by molar-refractivity contribution is 9.10. The van der Waals surface area contributed by atoms with Gasteiger partial charge in [0.2, 0.25) is 5.91 Å². The molecule has 0 radical (unpaired) electrons. The highest BCUT2D eigenvalue weighted by Gasteiger charge is 2.12. The molecule has 8 nitrogen and oxygen atoms in total. The lowest BCUT2D eigenvalue weighted by Crippen LogP contribution is -2.43. The third-order valence-corrected chi connectivity index (χ3v) is 4.54. The van der Waals surface area contributed by atoms with Crippen molar-refractivity contribution in [1.82, 2.24) is 10.9 Å². The summed E-state index contributed by atoms with van der Waals surface area (Å²) in [5.74, 6) is -2.23. The minimum absolute atomic E-state index is 0.0753. The van der Waals surface area contributed by atoms with Gasteiger partial charge in [-0.3, -0.25) is 30.0 Å². The summed E-state index contributed by atoms with van der Waals surface area (Å²) in [7, 11) is 0. The van der Waals surface area contributed by atoms with E-state index in [1.807, 2.05) is 32.0 Å². The first kappa shape index (κ1) is 23.1. The molecular formula is C21H22BrN3O5. The van der Waals surface area contributed by atoms with E-state index in [1.165, 1.54) is 0 Å². The van der Waals surface area contributed by atoms with E-state index in [0.29, 0.717) is 11.3 Å². The van der Waals surface area contributed by atoms with Crippen molar-refractivity contribution in [2.45, 2.75) is 26.7 Å². The Balaban J connectivity index is 1.66. The number of halogens is 1. The van der Waals surface area contributed by atoms with Crippen LogP contribution >= 0.6 is 15.9 Å². The minimum atomic E-state index is -0.700. The van der Waals surface area contributed by atoms with Crippen molar-refractivity contribution in [3.63, 3.8) is 0 Å². The molecule has 0 heterocycles. The molecule has 9 heteroatoms. The van der Waals surface area contributed by atoms with Crippen LogP contribution in [0.3, 0.4) is 0 Å². The number of ether oxygens (including phenoxy) is 1. The van der Waals surface area contributed by atoms with Crippen LogP contribution in [0, 0.1) is 13.8 Å². The lowest BCUT2D eigenvalue weighted by molar-refractivity contribution is -0.149.